The first-order valence-corrected chi connectivity index (χ1v) is 7.30. The molecule has 0 spiro atoms. The fraction of sp³-hybridized carbons (Fsp3) is 0.118. The summed E-state index contributed by atoms with van der Waals surface area (Å²) in [6.45, 7) is 0. The summed E-state index contributed by atoms with van der Waals surface area (Å²) in [5, 5.41) is 14.9. The van der Waals surface area contributed by atoms with Gasteiger partial charge in [0.1, 0.15) is 11.5 Å². The van der Waals surface area contributed by atoms with Gasteiger partial charge in [0.2, 0.25) is 0 Å². The molecule has 7 heteroatoms. The van der Waals surface area contributed by atoms with Gasteiger partial charge in [0.05, 0.1) is 19.9 Å². The SMILES string of the molecule is COc1ccc(N/C=C\c2nnnn2-c2ccc(OC)cc2)cc1. The summed E-state index contributed by atoms with van der Waals surface area (Å²) < 4.78 is 11.9. The van der Waals surface area contributed by atoms with E-state index in [0.717, 1.165) is 22.9 Å². The van der Waals surface area contributed by atoms with Crippen LogP contribution in [0.3, 0.4) is 0 Å². The molecule has 24 heavy (non-hydrogen) atoms. The fourth-order valence-corrected chi connectivity index (χ4v) is 2.10. The lowest BCUT2D eigenvalue weighted by molar-refractivity contribution is 0.414. The first-order valence-electron chi connectivity index (χ1n) is 7.30. The predicted octanol–water partition coefficient (Wildman–Crippen LogP) is 2.76. The van der Waals surface area contributed by atoms with E-state index < -0.39 is 0 Å². The van der Waals surface area contributed by atoms with E-state index in [-0.39, 0.29) is 0 Å². The molecule has 1 heterocycles. The molecule has 1 N–H and O–H groups in total. The van der Waals surface area contributed by atoms with Gasteiger partial charge in [-0.05, 0) is 59.0 Å². The van der Waals surface area contributed by atoms with Crippen LogP contribution in [0.25, 0.3) is 11.8 Å². The third kappa shape index (κ3) is 3.52. The van der Waals surface area contributed by atoms with Crippen LogP contribution >= 0.6 is 0 Å². The average Bonchev–Trinajstić information content (AvgIpc) is 3.11. The summed E-state index contributed by atoms with van der Waals surface area (Å²) in [6.07, 6.45) is 3.59. The van der Waals surface area contributed by atoms with Crippen LogP contribution in [0.2, 0.25) is 0 Å². The van der Waals surface area contributed by atoms with E-state index in [2.05, 4.69) is 20.8 Å². The van der Waals surface area contributed by atoms with E-state index in [1.165, 1.54) is 0 Å². The van der Waals surface area contributed by atoms with Gasteiger partial charge in [-0.1, -0.05) is 0 Å². The summed E-state index contributed by atoms with van der Waals surface area (Å²) in [6, 6.07) is 15.1. The summed E-state index contributed by atoms with van der Waals surface area (Å²) in [7, 11) is 3.27. The number of nitrogens with zero attached hydrogens (tertiary/aromatic N) is 4. The molecule has 0 aliphatic heterocycles. The molecule has 0 atom stereocenters. The highest BCUT2D eigenvalue weighted by Gasteiger charge is 2.05. The van der Waals surface area contributed by atoms with Crippen LogP contribution in [0.1, 0.15) is 5.82 Å². The Labute approximate surface area is 139 Å². The summed E-state index contributed by atoms with van der Waals surface area (Å²) in [5.41, 5.74) is 1.79. The molecular weight excluding hydrogens is 306 g/mol. The number of hydrogen-bond acceptors (Lipinski definition) is 6. The molecule has 0 unspecified atom stereocenters. The molecule has 7 nitrogen and oxygen atoms in total. The second-order valence-corrected chi connectivity index (χ2v) is 4.85. The zero-order chi connectivity index (χ0) is 16.8. The molecule has 0 fully saturated rings. The normalized spacial score (nSPS) is 10.8. The van der Waals surface area contributed by atoms with Gasteiger partial charge < -0.3 is 14.8 Å². The van der Waals surface area contributed by atoms with E-state index in [1.54, 1.807) is 31.2 Å². The summed E-state index contributed by atoms with van der Waals surface area (Å²) in [4.78, 5) is 0. The number of tetrazole rings is 1. The van der Waals surface area contributed by atoms with Gasteiger partial charge in [-0.15, -0.1) is 5.10 Å². The molecule has 0 saturated heterocycles. The molecule has 0 saturated carbocycles. The third-order valence-corrected chi connectivity index (χ3v) is 3.38. The number of ether oxygens (including phenoxy) is 2. The van der Waals surface area contributed by atoms with Crippen molar-refractivity contribution >= 4 is 11.8 Å². The lowest BCUT2D eigenvalue weighted by Crippen LogP contribution is -2.00. The maximum atomic E-state index is 5.15. The van der Waals surface area contributed by atoms with Gasteiger partial charge in [-0.25, -0.2) is 0 Å². The largest absolute Gasteiger partial charge is 0.497 e. The number of rotatable bonds is 6. The maximum Gasteiger partial charge on any atom is 0.181 e. The highest BCUT2D eigenvalue weighted by Crippen LogP contribution is 2.16. The van der Waals surface area contributed by atoms with Crippen LogP contribution in [-0.2, 0) is 0 Å². The number of benzene rings is 2. The second kappa shape index (κ2) is 7.28. The van der Waals surface area contributed by atoms with Crippen molar-refractivity contribution in [2.45, 2.75) is 0 Å². The highest BCUT2D eigenvalue weighted by molar-refractivity contribution is 5.53. The zero-order valence-electron chi connectivity index (χ0n) is 13.4. The Bertz CT molecular complexity index is 810. The molecule has 3 rings (SSSR count). The lowest BCUT2D eigenvalue weighted by atomic mass is 10.3. The number of anilines is 1. The molecule has 0 amide bonds. The molecular formula is C17H17N5O2. The monoisotopic (exact) mass is 323 g/mol. The van der Waals surface area contributed by atoms with Crippen molar-refractivity contribution in [1.29, 1.82) is 0 Å². The predicted molar refractivity (Wildman–Crippen MR) is 91.4 cm³/mol. The Morgan fingerprint density at radius 2 is 1.54 bits per heavy atom. The molecule has 0 bridgehead atoms. The quantitative estimate of drug-likeness (QED) is 0.752. The van der Waals surface area contributed by atoms with Crippen molar-refractivity contribution in [2.24, 2.45) is 0 Å². The number of aromatic nitrogens is 4. The van der Waals surface area contributed by atoms with Crippen molar-refractivity contribution < 1.29 is 9.47 Å². The van der Waals surface area contributed by atoms with Crippen LogP contribution in [0.5, 0.6) is 11.5 Å². The molecule has 122 valence electrons. The first kappa shape index (κ1) is 15.5. The summed E-state index contributed by atoms with van der Waals surface area (Å²) in [5.74, 6) is 2.21. The Morgan fingerprint density at radius 1 is 0.917 bits per heavy atom. The minimum absolute atomic E-state index is 0.612. The lowest BCUT2D eigenvalue weighted by Gasteiger charge is -2.04. The molecule has 0 aliphatic carbocycles. The molecule has 0 radical (unpaired) electrons. The van der Waals surface area contributed by atoms with Crippen molar-refractivity contribution in [3.63, 3.8) is 0 Å². The van der Waals surface area contributed by atoms with Crippen molar-refractivity contribution in [1.82, 2.24) is 20.2 Å². The number of methoxy groups -OCH3 is 2. The molecule has 0 aliphatic rings. The molecule has 2 aromatic carbocycles. The van der Waals surface area contributed by atoms with E-state index in [0.29, 0.717) is 5.82 Å². The Hall–Kier alpha value is -3.35. The minimum Gasteiger partial charge on any atom is -0.497 e. The number of hydrogen-bond donors (Lipinski definition) is 1. The van der Waals surface area contributed by atoms with Crippen molar-refractivity contribution in [2.75, 3.05) is 19.5 Å². The van der Waals surface area contributed by atoms with E-state index in [9.17, 15) is 0 Å². The van der Waals surface area contributed by atoms with Crippen LogP contribution < -0.4 is 14.8 Å². The summed E-state index contributed by atoms with van der Waals surface area (Å²) >= 11 is 0. The van der Waals surface area contributed by atoms with Gasteiger partial charge in [-0.3, -0.25) is 0 Å². The molecule has 3 aromatic rings. The Morgan fingerprint density at radius 3 is 2.17 bits per heavy atom. The molecule has 1 aromatic heterocycles. The van der Waals surface area contributed by atoms with Crippen molar-refractivity contribution in [3.8, 4) is 17.2 Å². The Balaban J connectivity index is 1.72. The standard InChI is InChI=1S/C17H17N5O2/c1-23-15-7-3-13(4-8-15)18-12-11-17-19-20-21-22(17)14-5-9-16(24-2)10-6-14/h3-12,18H,1-2H3/b12-11-. The van der Waals surface area contributed by atoms with Gasteiger partial charge in [-0.2, -0.15) is 4.68 Å². The fourth-order valence-electron chi connectivity index (χ4n) is 2.10. The van der Waals surface area contributed by atoms with Crippen LogP contribution in [0.4, 0.5) is 5.69 Å². The van der Waals surface area contributed by atoms with Gasteiger partial charge in [0.25, 0.3) is 0 Å². The van der Waals surface area contributed by atoms with Crippen molar-refractivity contribution in [3.05, 3.63) is 60.6 Å². The smallest absolute Gasteiger partial charge is 0.181 e. The average molecular weight is 323 g/mol. The maximum absolute atomic E-state index is 5.15. The zero-order valence-corrected chi connectivity index (χ0v) is 13.4. The minimum atomic E-state index is 0.612. The van der Waals surface area contributed by atoms with E-state index >= 15 is 0 Å². The Kier molecular flexibility index (Phi) is 4.71. The third-order valence-electron chi connectivity index (χ3n) is 3.38. The van der Waals surface area contributed by atoms with Crippen LogP contribution in [0.15, 0.2) is 54.7 Å². The van der Waals surface area contributed by atoms with Crippen LogP contribution in [0, 0.1) is 0 Å². The number of nitrogens with one attached hydrogen (secondary N) is 1. The van der Waals surface area contributed by atoms with Gasteiger partial charge in [0, 0.05) is 18.0 Å². The topological polar surface area (TPSA) is 74.1 Å². The van der Waals surface area contributed by atoms with Gasteiger partial charge in [0.15, 0.2) is 5.82 Å². The van der Waals surface area contributed by atoms with Gasteiger partial charge >= 0.3 is 0 Å². The second-order valence-electron chi connectivity index (χ2n) is 4.85. The van der Waals surface area contributed by atoms with Crippen LogP contribution in [-0.4, -0.2) is 34.4 Å². The van der Waals surface area contributed by atoms with E-state index in [4.69, 9.17) is 9.47 Å². The van der Waals surface area contributed by atoms with E-state index in [1.807, 2.05) is 48.5 Å². The first-order chi connectivity index (χ1) is 11.8. The highest BCUT2D eigenvalue weighted by atomic mass is 16.5.